The number of alkyl halides is 3. The second kappa shape index (κ2) is 5.91. The van der Waals surface area contributed by atoms with Gasteiger partial charge in [0.2, 0.25) is 0 Å². The Hall–Kier alpha value is -1.48. The quantitative estimate of drug-likeness (QED) is 0.846. The van der Waals surface area contributed by atoms with Gasteiger partial charge in [-0.25, -0.2) is 4.98 Å². The average molecular weight is 278 g/mol. The number of halogens is 4. The van der Waals surface area contributed by atoms with E-state index in [1.54, 1.807) is 4.90 Å². The molecule has 0 radical (unpaired) electrons. The van der Waals surface area contributed by atoms with E-state index in [1.165, 1.54) is 0 Å². The van der Waals surface area contributed by atoms with Crippen LogP contribution in [-0.4, -0.2) is 18.1 Å². The molecule has 0 aliphatic heterocycles. The summed E-state index contributed by atoms with van der Waals surface area (Å²) in [7, 11) is 0. The van der Waals surface area contributed by atoms with Crippen LogP contribution in [0, 0.1) is 11.3 Å². The van der Waals surface area contributed by atoms with E-state index in [0.717, 1.165) is 12.3 Å². The first-order valence-corrected chi connectivity index (χ1v) is 5.62. The van der Waals surface area contributed by atoms with Crippen molar-refractivity contribution in [3.8, 4) is 6.07 Å². The maximum atomic E-state index is 12.4. The van der Waals surface area contributed by atoms with Crippen molar-refractivity contribution in [2.24, 2.45) is 0 Å². The van der Waals surface area contributed by atoms with Crippen molar-refractivity contribution in [1.82, 2.24) is 4.98 Å². The Kier molecular flexibility index (Phi) is 4.79. The highest BCUT2D eigenvalue weighted by Crippen LogP contribution is 2.33. The molecule has 0 aliphatic carbocycles. The van der Waals surface area contributed by atoms with Gasteiger partial charge in [-0.05, 0) is 13.0 Å². The highest BCUT2D eigenvalue weighted by Gasteiger charge is 2.31. The molecule has 0 amide bonds. The van der Waals surface area contributed by atoms with Gasteiger partial charge in [-0.15, -0.1) is 0 Å². The molecule has 18 heavy (non-hydrogen) atoms. The first-order chi connectivity index (χ1) is 8.40. The lowest BCUT2D eigenvalue weighted by atomic mass is 10.2. The van der Waals surface area contributed by atoms with Crippen LogP contribution >= 0.6 is 11.6 Å². The van der Waals surface area contributed by atoms with Gasteiger partial charge in [0.15, 0.2) is 0 Å². The third-order valence-electron chi connectivity index (χ3n) is 2.32. The van der Waals surface area contributed by atoms with Gasteiger partial charge in [-0.2, -0.15) is 18.4 Å². The molecule has 0 spiro atoms. The number of hydrogen-bond donors (Lipinski definition) is 0. The molecule has 3 nitrogen and oxygen atoms in total. The van der Waals surface area contributed by atoms with Gasteiger partial charge >= 0.3 is 6.18 Å². The van der Waals surface area contributed by atoms with Crippen molar-refractivity contribution < 1.29 is 13.2 Å². The first kappa shape index (κ1) is 14.6. The number of nitrogens with zero attached hydrogens (tertiary/aromatic N) is 3. The largest absolute Gasteiger partial charge is 0.417 e. The molecule has 1 aromatic heterocycles. The molecular formula is C11H11ClF3N3. The summed E-state index contributed by atoms with van der Waals surface area (Å²) in [5, 5.41) is 8.43. The molecule has 1 rings (SSSR count). The van der Waals surface area contributed by atoms with Crippen LogP contribution in [0.2, 0.25) is 5.02 Å². The summed E-state index contributed by atoms with van der Waals surface area (Å²) in [6.45, 7) is 2.71. The van der Waals surface area contributed by atoms with E-state index in [1.807, 2.05) is 13.0 Å². The molecule has 0 saturated carbocycles. The van der Waals surface area contributed by atoms with E-state index < -0.39 is 11.7 Å². The van der Waals surface area contributed by atoms with Crippen molar-refractivity contribution in [1.29, 1.82) is 5.26 Å². The van der Waals surface area contributed by atoms with E-state index >= 15 is 0 Å². The van der Waals surface area contributed by atoms with Gasteiger partial charge in [-0.1, -0.05) is 11.6 Å². The van der Waals surface area contributed by atoms with Crippen LogP contribution in [0.4, 0.5) is 19.0 Å². The monoisotopic (exact) mass is 277 g/mol. The number of rotatable bonds is 4. The van der Waals surface area contributed by atoms with E-state index in [0.29, 0.717) is 13.1 Å². The summed E-state index contributed by atoms with van der Waals surface area (Å²) in [4.78, 5) is 5.39. The molecule has 0 unspecified atom stereocenters. The van der Waals surface area contributed by atoms with Gasteiger partial charge in [0, 0.05) is 19.3 Å². The fraction of sp³-hybridized carbons (Fsp3) is 0.455. The maximum Gasteiger partial charge on any atom is 0.417 e. The molecule has 0 atom stereocenters. The molecule has 98 valence electrons. The van der Waals surface area contributed by atoms with Crippen molar-refractivity contribution in [3.05, 3.63) is 22.8 Å². The Morgan fingerprint density at radius 1 is 1.50 bits per heavy atom. The number of anilines is 1. The van der Waals surface area contributed by atoms with Gasteiger partial charge in [0.1, 0.15) is 5.82 Å². The lowest BCUT2D eigenvalue weighted by molar-refractivity contribution is -0.137. The SMILES string of the molecule is CCN(CCC#N)c1ncc(C(F)(F)F)cc1Cl. The standard InChI is InChI=1S/C11H11ClF3N3/c1-2-18(5-3-4-16)10-9(12)6-8(7-17-10)11(13,14)15/h6-7H,2-3,5H2,1H3. The van der Waals surface area contributed by atoms with Crippen LogP contribution in [0.3, 0.4) is 0 Å². The highest BCUT2D eigenvalue weighted by molar-refractivity contribution is 6.33. The average Bonchev–Trinajstić information content (AvgIpc) is 2.30. The zero-order valence-electron chi connectivity index (χ0n) is 9.63. The summed E-state index contributed by atoms with van der Waals surface area (Å²) >= 11 is 5.80. The minimum atomic E-state index is -4.46. The third-order valence-corrected chi connectivity index (χ3v) is 2.60. The van der Waals surface area contributed by atoms with E-state index in [2.05, 4.69) is 4.98 Å². The Balaban J connectivity index is 3.01. The number of nitriles is 1. The number of aromatic nitrogens is 1. The molecule has 0 N–H and O–H groups in total. The topological polar surface area (TPSA) is 39.9 Å². The molecular weight excluding hydrogens is 267 g/mol. The summed E-state index contributed by atoms with van der Waals surface area (Å²) in [6, 6.07) is 2.81. The lowest BCUT2D eigenvalue weighted by Gasteiger charge is -2.22. The van der Waals surface area contributed by atoms with E-state index in [-0.39, 0.29) is 17.3 Å². The van der Waals surface area contributed by atoms with Crippen LogP contribution in [0.1, 0.15) is 18.9 Å². The molecule has 0 aromatic carbocycles. The lowest BCUT2D eigenvalue weighted by Crippen LogP contribution is -2.25. The van der Waals surface area contributed by atoms with Crippen LogP contribution in [0.15, 0.2) is 12.3 Å². The maximum absolute atomic E-state index is 12.4. The summed E-state index contributed by atoms with van der Waals surface area (Å²) in [6.07, 6.45) is -3.46. The smallest absolute Gasteiger partial charge is 0.355 e. The minimum Gasteiger partial charge on any atom is -0.355 e. The van der Waals surface area contributed by atoms with Crippen molar-refractivity contribution in [2.75, 3.05) is 18.0 Å². The van der Waals surface area contributed by atoms with E-state index in [9.17, 15) is 13.2 Å². The number of hydrogen-bond acceptors (Lipinski definition) is 3. The van der Waals surface area contributed by atoms with Crippen molar-refractivity contribution in [3.63, 3.8) is 0 Å². The normalized spacial score (nSPS) is 11.1. The van der Waals surface area contributed by atoms with Crippen molar-refractivity contribution >= 4 is 17.4 Å². The van der Waals surface area contributed by atoms with Gasteiger partial charge in [-0.3, -0.25) is 0 Å². The Morgan fingerprint density at radius 2 is 2.17 bits per heavy atom. The zero-order valence-corrected chi connectivity index (χ0v) is 10.4. The minimum absolute atomic E-state index is 0.0652. The molecule has 1 aromatic rings. The third kappa shape index (κ3) is 3.50. The molecule has 0 fully saturated rings. The molecule has 7 heteroatoms. The van der Waals surface area contributed by atoms with Crippen molar-refractivity contribution in [2.45, 2.75) is 19.5 Å². The molecule has 0 saturated heterocycles. The fourth-order valence-electron chi connectivity index (χ4n) is 1.42. The van der Waals surface area contributed by atoms with E-state index in [4.69, 9.17) is 16.9 Å². The van der Waals surface area contributed by atoms with Crippen LogP contribution < -0.4 is 4.90 Å². The summed E-state index contributed by atoms with van der Waals surface area (Å²) in [5.74, 6) is 0.266. The summed E-state index contributed by atoms with van der Waals surface area (Å²) in [5.41, 5.74) is -0.882. The second-order valence-electron chi connectivity index (χ2n) is 3.51. The predicted octanol–water partition coefficient (Wildman–Crippen LogP) is 3.49. The Labute approximate surface area is 108 Å². The Bertz CT molecular complexity index is 454. The second-order valence-corrected chi connectivity index (χ2v) is 3.92. The van der Waals surface area contributed by atoms with Gasteiger partial charge in [0.25, 0.3) is 0 Å². The fourth-order valence-corrected chi connectivity index (χ4v) is 1.70. The van der Waals surface area contributed by atoms with Crippen LogP contribution in [0.5, 0.6) is 0 Å². The zero-order chi connectivity index (χ0) is 13.8. The first-order valence-electron chi connectivity index (χ1n) is 5.24. The van der Waals surface area contributed by atoms with Gasteiger partial charge < -0.3 is 4.90 Å². The molecule has 0 bridgehead atoms. The van der Waals surface area contributed by atoms with Crippen LogP contribution in [0.25, 0.3) is 0 Å². The number of pyridine rings is 1. The Morgan fingerprint density at radius 3 is 2.61 bits per heavy atom. The summed E-state index contributed by atoms with van der Waals surface area (Å²) < 4.78 is 37.3. The van der Waals surface area contributed by atoms with Crippen LogP contribution in [-0.2, 0) is 6.18 Å². The molecule has 0 aliphatic rings. The van der Waals surface area contributed by atoms with Gasteiger partial charge in [0.05, 0.1) is 23.1 Å². The predicted molar refractivity (Wildman–Crippen MR) is 62.4 cm³/mol. The molecule has 1 heterocycles. The highest BCUT2D eigenvalue weighted by atomic mass is 35.5.